The summed E-state index contributed by atoms with van der Waals surface area (Å²) in [5, 5.41) is 0.729. The van der Waals surface area contributed by atoms with Crippen molar-refractivity contribution in [1.82, 2.24) is 15.0 Å². The SMILES string of the molecule is [2H]c1cc2c(oc3c(-c4ccc(C([2H])([2H])C([2H])([2H])c5cc(C([2H])([2H])C([2H])([2H])c6ccc(-c7[c-]cccc7)nc6)cc(C([2H])([2H])C([2H])([2H])c6cnc(-c7[c-]cccc7)cc6C([2H])(C)C(C)(C)C)c5)cn4)[c-]ccc32)c([2H])c1F.[Ir+3]. The predicted molar refractivity (Wildman–Crippen MR) is 249 cm³/mol. The van der Waals surface area contributed by atoms with Crippen LogP contribution in [0.3, 0.4) is 0 Å². The van der Waals surface area contributed by atoms with Crippen molar-refractivity contribution in [1.29, 1.82) is 0 Å². The van der Waals surface area contributed by atoms with Crippen molar-refractivity contribution in [2.75, 3.05) is 0 Å². The minimum absolute atomic E-state index is 0. The molecule has 0 bridgehead atoms. The van der Waals surface area contributed by atoms with Crippen LogP contribution in [0.5, 0.6) is 0 Å². The number of aryl methyl sites for hydroxylation is 6. The summed E-state index contributed by atoms with van der Waals surface area (Å²) in [6, 6.07) is 35.9. The van der Waals surface area contributed by atoms with Gasteiger partial charge in [-0.05, 0) is 118 Å². The first-order valence-electron chi connectivity index (χ1n) is 27.4. The molecule has 4 aromatic heterocycles. The molecule has 0 radical (unpaired) electrons. The molecule has 9 rings (SSSR count). The van der Waals surface area contributed by atoms with Crippen LogP contribution in [0.15, 0.2) is 150 Å². The van der Waals surface area contributed by atoms with Gasteiger partial charge in [0.25, 0.3) is 0 Å². The van der Waals surface area contributed by atoms with Crippen molar-refractivity contribution in [3.63, 3.8) is 0 Å². The average molecular weight is 1020 g/mol. The molecule has 0 amide bonds. The Hall–Kier alpha value is -6.07. The summed E-state index contributed by atoms with van der Waals surface area (Å²) in [5.41, 5.74) is -1.45. The van der Waals surface area contributed by atoms with Gasteiger partial charge in [0.15, 0.2) is 0 Å². The number of fused-ring (bicyclic) bond motifs is 3. The fraction of sp³-hybridized carbons (Fsp3) is 0.211. The summed E-state index contributed by atoms with van der Waals surface area (Å²) < 4.78 is 161. The van der Waals surface area contributed by atoms with Gasteiger partial charge >= 0.3 is 20.1 Å². The van der Waals surface area contributed by atoms with Gasteiger partial charge in [-0.3, -0.25) is 0 Å². The summed E-state index contributed by atoms with van der Waals surface area (Å²) in [6.45, 7) is 6.92. The van der Waals surface area contributed by atoms with Crippen molar-refractivity contribution >= 4 is 21.9 Å². The van der Waals surface area contributed by atoms with Crippen LogP contribution in [0, 0.1) is 29.4 Å². The maximum absolute atomic E-state index is 14.6. The van der Waals surface area contributed by atoms with Crippen LogP contribution < -0.4 is 0 Å². The summed E-state index contributed by atoms with van der Waals surface area (Å²) >= 11 is 0. The van der Waals surface area contributed by atoms with E-state index < -0.39 is 84.1 Å². The molecule has 0 saturated heterocycles. The van der Waals surface area contributed by atoms with Gasteiger partial charge in [0.1, 0.15) is 11.4 Å². The number of benzene rings is 5. The topological polar surface area (TPSA) is 51.8 Å². The molecule has 0 aliphatic carbocycles. The molecular formula is C57H49FIrN3O. The Labute approximate surface area is 405 Å². The number of halogens is 1. The molecule has 4 heterocycles. The van der Waals surface area contributed by atoms with E-state index in [0.29, 0.717) is 33.3 Å². The molecule has 4 nitrogen and oxygen atoms in total. The van der Waals surface area contributed by atoms with E-state index in [9.17, 15) is 22.2 Å². The van der Waals surface area contributed by atoms with Crippen LogP contribution in [0.2, 0.25) is 0 Å². The number of furan rings is 1. The second-order valence-corrected chi connectivity index (χ2v) is 15.6. The molecule has 0 saturated carbocycles. The number of hydrogen-bond acceptors (Lipinski definition) is 4. The monoisotopic (exact) mass is 1020 g/mol. The summed E-state index contributed by atoms with van der Waals surface area (Å²) in [7, 11) is 0. The van der Waals surface area contributed by atoms with Gasteiger partial charge in [0.2, 0.25) is 0 Å². The van der Waals surface area contributed by atoms with Gasteiger partial charge in [-0.15, -0.1) is 90.0 Å². The molecule has 1 unspecified atom stereocenters. The fourth-order valence-electron chi connectivity index (χ4n) is 6.82. The van der Waals surface area contributed by atoms with E-state index in [1.54, 1.807) is 82.3 Å². The largest absolute Gasteiger partial charge is 3.00 e. The van der Waals surface area contributed by atoms with Crippen LogP contribution in [0.1, 0.15) is 93.1 Å². The fourth-order valence-corrected chi connectivity index (χ4v) is 6.82. The van der Waals surface area contributed by atoms with E-state index in [1.165, 1.54) is 42.5 Å². The maximum Gasteiger partial charge on any atom is 3.00 e. The Morgan fingerprint density at radius 2 is 1.24 bits per heavy atom. The van der Waals surface area contributed by atoms with Gasteiger partial charge in [0, 0.05) is 47.8 Å². The van der Waals surface area contributed by atoms with Crippen molar-refractivity contribution < 1.29 is 49.5 Å². The number of aromatic nitrogens is 3. The number of hydrogen-bond donors (Lipinski definition) is 0. The summed E-state index contributed by atoms with van der Waals surface area (Å²) in [4.78, 5) is 13.3. The van der Waals surface area contributed by atoms with Crippen molar-refractivity contribution in [2.24, 2.45) is 5.41 Å². The zero-order valence-corrected chi connectivity index (χ0v) is 37.1. The van der Waals surface area contributed by atoms with Gasteiger partial charge < -0.3 is 19.4 Å². The van der Waals surface area contributed by atoms with Crippen LogP contribution in [-0.4, -0.2) is 15.0 Å². The molecule has 0 spiro atoms. The second-order valence-electron chi connectivity index (χ2n) is 15.6. The predicted octanol–water partition coefficient (Wildman–Crippen LogP) is 13.8. The third-order valence-corrected chi connectivity index (χ3v) is 10.4. The molecule has 5 aromatic carbocycles. The minimum Gasteiger partial charge on any atom is -0.500 e. The molecular weight excluding hydrogens is 954 g/mol. The van der Waals surface area contributed by atoms with Gasteiger partial charge in [0.05, 0.1) is 8.32 Å². The zero-order chi connectivity index (χ0) is 56.1. The standard InChI is InChI=1S/C57H49FN3O.Ir/c1-38(57(2,3)4)51-34-54(45-14-9-6-10-15-45)61-37-46(51)25-22-43-31-41(20-18-39-23-28-52(59-35-39)44-12-7-5-8-13-44)30-42(32-43)21-19-40-24-29-53(60-36-40)50-17-11-16-49-48-27-26-47(58)33-55(48)62-56(49)50;/h5-12,14,16,23-24,26-38H,18-22,25H2,1-4H3;/q-3;+3/i18D2,19D2,20D2,21D2,22D2,25D2,26D,33D,38D;. The number of rotatable bonds is 13. The molecule has 314 valence electrons. The Kier molecular flexibility index (Phi) is 8.68. The Bertz CT molecular complexity index is 3700. The molecule has 0 aliphatic heterocycles. The molecule has 0 N–H and O–H groups in total. The summed E-state index contributed by atoms with van der Waals surface area (Å²) in [5.74, 6) is -2.67. The van der Waals surface area contributed by atoms with Crippen LogP contribution >= 0.6 is 0 Å². The Morgan fingerprint density at radius 3 is 1.83 bits per heavy atom. The molecule has 6 heteroatoms. The third kappa shape index (κ3) is 10.1. The van der Waals surface area contributed by atoms with Crippen LogP contribution in [0.4, 0.5) is 4.39 Å². The number of pyridine rings is 3. The average Bonchev–Trinajstić information content (AvgIpc) is 3.90. The normalized spacial score (nSPS) is 17.4. The van der Waals surface area contributed by atoms with Crippen LogP contribution in [0.25, 0.3) is 55.7 Å². The van der Waals surface area contributed by atoms with E-state index >= 15 is 0 Å². The van der Waals surface area contributed by atoms with E-state index in [-0.39, 0.29) is 64.8 Å². The minimum atomic E-state index is -3.27. The van der Waals surface area contributed by atoms with Gasteiger partial charge in [-0.2, -0.15) is 0 Å². The van der Waals surface area contributed by atoms with Crippen molar-refractivity contribution in [3.8, 4) is 33.8 Å². The smallest absolute Gasteiger partial charge is 0.500 e. The second kappa shape index (κ2) is 19.1. The van der Waals surface area contributed by atoms with E-state index in [2.05, 4.69) is 33.2 Å². The van der Waals surface area contributed by atoms with Crippen molar-refractivity contribution in [2.45, 2.75) is 71.8 Å². The molecule has 0 aliphatic rings. The Morgan fingerprint density at radius 1 is 0.651 bits per heavy atom. The number of nitrogens with zero attached hydrogens (tertiary/aromatic N) is 3. The molecule has 1 atom stereocenters. The van der Waals surface area contributed by atoms with Crippen molar-refractivity contribution in [3.05, 3.63) is 209 Å². The van der Waals surface area contributed by atoms with E-state index in [0.717, 1.165) is 36.8 Å². The molecule has 63 heavy (non-hydrogen) atoms. The Balaban J connectivity index is 0.00000803. The van der Waals surface area contributed by atoms with Crippen LogP contribution in [-0.2, 0) is 58.3 Å². The maximum atomic E-state index is 14.6. The zero-order valence-electron chi connectivity index (χ0n) is 49.7. The first-order chi connectivity index (χ1) is 35.9. The first kappa shape index (κ1) is 28.6. The molecule has 0 fully saturated rings. The van der Waals surface area contributed by atoms with Gasteiger partial charge in [-0.25, -0.2) is 4.39 Å². The quantitative estimate of drug-likeness (QED) is 0.108. The van der Waals surface area contributed by atoms with Gasteiger partial charge in [-0.1, -0.05) is 87.2 Å². The van der Waals surface area contributed by atoms with E-state index in [1.807, 2.05) is 0 Å². The first-order valence-corrected chi connectivity index (χ1v) is 19.9. The third-order valence-electron chi connectivity index (χ3n) is 10.4. The van der Waals surface area contributed by atoms with E-state index in [4.69, 9.17) is 7.16 Å². The molecule has 9 aromatic rings. The summed E-state index contributed by atoms with van der Waals surface area (Å²) in [6.07, 6.45) is -15.6.